The van der Waals surface area contributed by atoms with Crippen molar-refractivity contribution in [3.8, 4) is 0 Å². The summed E-state index contributed by atoms with van der Waals surface area (Å²) in [6.45, 7) is 2.33. The van der Waals surface area contributed by atoms with Gasteiger partial charge in [0.1, 0.15) is 10.8 Å². The van der Waals surface area contributed by atoms with Crippen LogP contribution in [-0.4, -0.2) is 16.9 Å². The van der Waals surface area contributed by atoms with Gasteiger partial charge in [0.05, 0.1) is 23.8 Å². The number of hydrogen-bond donors (Lipinski definition) is 2. The van der Waals surface area contributed by atoms with Crippen molar-refractivity contribution in [1.82, 2.24) is 10.6 Å². The number of nitro benzene ring substituents is 1. The van der Waals surface area contributed by atoms with Gasteiger partial charge in [0.25, 0.3) is 5.69 Å². The van der Waals surface area contributed by atoms with Crippen LogP contribution in [0.5, 0.6) is 0 Å². The molecule has 0 bridgehead atoms. The maximum absolute atomic E-state index is 11.9. The maximum Gasteiger partial charge on any atom is 0.288 e. The molecule has 122 valence electrons. The quantitative estimate of drug-likeness (QED) is 0.598. The van der Waals surface area contributed by atoms with Crippen LogP contribution in [-0.2, 0) is 17.9 Å². The molecule has 0 radical (unpaired) electrons. The molecule has 0 spiro atoms. The van der Waals surface area contributed by atoms with Gasteiger partial charge in [0.15, 0.2) is 0 Å². The Morgan fingerprint density at radius 2 is 2.17 bits per heavy atom. The first-order chi connectivity index (χ1) is 11.0. The summed E-state index contributed by atoms with van der Waals surface area (Å²) in [5.41, 5.74) is 0.521. The summed E-state index contributed by atoms with van der Waals surface area (Å²) in [5, 5.41) is 16.7. The average molecular weight is 338 g/mol. The summed E-state index contributed by atoms with van der Waals surface area (Å²) in [6.07, 6.45) is 1.54. The van der Waals surface area contributed by atoms with E-state index in [-0.39, 0.29) is 16.6 Å². The number of amides is 1. The molecule has 0 fully saturated rings. The number of carbonyl (C=O) groups is 1. The molecular formula is C15H16ClN3O4. The molecule has 8 heteroatoms. The SMILES string of the molecule is CC(NCc1ccc(Cl)c([N+](=O)[O-])c1)C(=O)NCc1ccco1. The van der Waals surface area contributed by atoms with E-state index in [9.17, 15) is 14.9 Å². The third kappa shape index (κ3) is 4.80. The first kappa shape index (κ1) is 17.0. The summed E-state index contributed by atoms with van der Waals surface area (Å²) in [4.78, 5) is 22.3. The highest BCUT2D eigenvalue weighted by Gasteiger charge is 2.15. The largest absolute Gasteiger partial charge is 0.467 e. The maximum atomic E-state index is 11.9. The smallest absolute Gasteiger partial charge is 0.288 e. The van der Waals surface area contributed by atoms with Crippen LogP contribution in [0.3, 0.4) is 0 Å². The van der Waals surface area contributed by atoms with Gasteiger partial charge in [-0.25, -0.2) is 0 Å². The Kier molecular flexibility index (Phi) is 5.72. The minimum Gasteiger partial charge on any atom is -0.467 e. The minimum atomic E-state index is -0.536. The Labute approximate surface area is 137 Å². The van der Waals surface area contributed by atoms with Crippen LogP contribution in [0.15, 0.2) is 41.0 Å². The molecular weight excluding hydrogens is 322 g/mol. The molecule has 0 saturated carbocycles. The molecule has 23 heavy (non-hydrogen) atoms. The van der Waals surface area contributed by atoms with Crippen LogP contribution < -0.4 is 10.6 Å². The fourth-order valence-electron chi connectivity index (χ4n) is 1.91. The highest BCUT2D eigenvalue weighted by molar-refractivity contribution is 6.32. The summed E-state index contributed by atoms with van der Waals surface area (Å²) >= 11 is 5.76. The topological polar surface area (TPSA) is 97.4 Å². The van der Waals surface area contributed by atoms with Gasteiger partial charge in [-0.15, -0.1) is 0 Å². The van der Waals surface area contributed by atoms with Crippen LogP contribution in [0.4, 0.5) is 5.69 Å². The Morgan fingerprint density at radius 3 is 2.83 bits per heavy atom. The number of nitrogens with one attached hydrogen (secondary N) is 2. The fourth-order valence-corrected chi connectivity index (χ4v) is 2.10. The van der Waals surface area contributed by atoms with Crippen molar-refractivity contribution < 1.29 is 14.1 Å². The summed E-state index contributed by atoms with van der Waals surface area (Å²) in [5.74, 6) is 0.476. The van der Waals surface area contributed by atoms with Crippen molar-refractivity contribution in [2.75, 3.05) is 0 Å². The molecule has 2 rings (SSSR count). The van der Waals surface area contributed by atoms with Crippen LogP contribution >= 0.6 is 11.6 Å². The van der Waals surface area contributed by atoms with E-state index in [2.05, 4.69) is 10.6 Å². The minimum absolute atomic E-state index is 0.0861. The van der Waals surface area contributed by atoms with Gasteiger partial charge in [-0.3, -0.25) is 14.9 Å². The third-order valence-electron chi connectivity index (χ3n) is 3.23. The van der Waals surface area contributed by atoms with Gasteiger partial charge in [0.2, 0.25) is 5.91 Å². The van der Waals surface area contributed by atoms with E-state index >= 15 is 0 Å². The van der Waals surface area contributed by atoms with Crippen molar-refractivity contribution in [3.63, 3.8) is 0 Å². The second-order valence-corrected chi connectivity index (χ2v) is 5.35. The predicted octanol–water partition coefficient (Wildman–Crippen LogP) is 2.64. The number of furan rings is 1. The Balaban J connectivity index is 1.86. The van der Waals surface area contributed by atoms with Gasteiger partial charge in [-0.1, -0.05) is 17.7 Å². The van der Waals surface area contributed by atoms with E-state index in [1.807, 2.05) is 0 Å². The van der Waals surface area contributed by atoms with Gasteiger partial charge in [0, 0.05) is 12.6 Å². The number of nitro groups is 1. The number of hydrogen-bond acceptors (Lipinski definition) is 5. The van der Waals surface area contributed by atoms with E-state index in [0.717, 1.165) is 0 Å². The van der Waals surface area contributed by atoms with Gasteiger partial charge < -0.3 is 15.1 Å². The van der Waals surface area contributed by atoms with E-state index in [0.29, 0.717) is 24.4 Å². The number of rotatable bonds is 7. The second-order valence-electron chi connectivity index (χ2n) is 4.94. The van der Waals surface area contributed by atoms with E-state index in [1.165, 1.54) is 18.4 Å². The van der Waals surface area contributed by atoms with Crippen molar-refractivity contribution in [1.29, 1.82) is 0 Å². The summed E-state index contributed by atoms with van der Waals surface area (Å²) in [6, 6.07) is 7.60. The number of nitrogens with zero attached hydrogens (tertiary/aromatic N) is 1. The predicted molar refractivity (Wildman–Crippen MR) is 85.0 cm³/mol. The van der Waals surface area contributed by atoms with Crippen LogP contribution in [0.25, 0.3) is 0 Å². The molecule has 1 amide bonds. The van der Waals surface area contributed by atoms with Gasteiger partial charge in [-0.2, -0.15) is 0 Å². The molecule has 2 N–H and O–H groups in total. The molecule has 7 nitrogen and oxygen atoms in total. The van der Waals surface area contributed by atoms with Crippen molar-refractivity contribution >= 4 is 23.2 Å². The molecule has 1 heterocycles. The van der Waals surface area contributed by atoms with Crippen molar-refractivity contribution in [3.05, 3.63) is 63.1 Å². The summed E-state index contributed by atoms with van der Waals surface area (Å²) < 4.78 is 5.13. The lowest BCUT2D eigenvalue weighted by molar-refractivity contribution is -0.384. The van der Waals surface area contributed by atoms with Crippen molar-refractivity contribution in [2.24, 2.45) is 0 Å². The lowest BCUT2D eigenvalue weighted by Crippen LogP contribution is -2.41. The number of carbonyl (C=O) groups excluding carboxylic acids is 1. The zero-order valence-corrected chi connectivity index (χ0v) is 13.2. The molecule has 1 aromatic heterocycles. The number of halogens is 1. The molecule has 1 unspecified atom stereocenters. The fraction of sp³-hybridized carbons (Fsp3) is 0.267. The zero-order chi connectivity index (χ0) is 16.8. The van der Waals surface area contributed by atoms with Crippen LogP contribution in [0.2, 0.25) is 5.02 Å². The van der Waals surface area contributed by atoms with Gasteiger partial charge in [-0.05, 0) is 30.7 Å². The molecule has 1 aromatic carbocycles. The van der Waals surface area contributed by atoms with Gasteiger partial charge >= 0.3 is 0 Å². The van der Waals surface area contributed by atoms with Crippen LogP contribution in [0, 0.1) is 10.1 Å². The average Bonchev–Trinajstić information content (AvgIpc) is 3.04. The van der Waals surface area contributed by atoms with Crippen LogP contribution in [0.1, 0.15) is 18.2 Å². The van der Waals surface area contributed by atoms with E-state index in [4.69, 9.17) is 16.0 Å². The Morgan fingerprint density at radius 1 is 1.39 bits per heavy atom. The first-order valence-electron chi connectivity index (χ1n) is 6.93. The number of benzene rings is 1. The lowest BCUT2D eigenvalue weighted by Gasteiger charge is -2.13. The Hall–Kier alpha value is -2.38. The monoisotopic (exact) mass is 337 g/mol. The molecule has 0 aliphatic carbocycles. The third-order valence-corrected chi connectivity index (χ3v) is 3.55. The standard InChI is InChI=1S/C15H16ClN3O4/c1-10(15(20)18-9-12-3-2-6-23-12)17-8-11-4-5-13(16)14(7-11)19(21)22/h2-7,10,17H,8-9H2,1H3,(H,18,20). The summed E-state index contributed by atoms with van der Waals surface area (Å²) in [7, 11) is 0. The Bertz CT molecular complexity index is 688. The highest BCUT2D eigenvalue weighted by Crippen LogP contribution is 2.24. The zero-order valence-electron chi connectivity index (χ0n) is 12.4. The van der Waals surface area contributed by atoms with Crippen molar-refractivity contribution in [2.45, 2.75) is 26.1 Å². The van der Waals surface area contributed by atoms with E-state index < -0.39 is 11.0 Å². The highest BCUT2D eigenvalue weighted by atomic mass is 35.5. The molecule has 0 aliphatic heterocycles. The lowest BCUT2D eigenvalue weighted by atomic mass is 10.2. The van der Waals surface area contributed by atoms with E-state index in [1.54, 1.807) is 25.1 Å². The molecule has 0 saturated heterocycles. The normalized spacial score (nSPS) is 11.9. The second kappa shape index (κ2) is 7.75. The molecule has 0 aliphatic rings. The first-order valence-corrected chi connectivity index (χ1v) is 7.31. The molecule has 2 aromatic rings. The molecule has 1 atom stereocenters.